The molecule has 1 N–H and O–H groups in total. The molecule has 3 rings (SSSR count). The Kier molecular flexibility index (Phi) is 6.60. The number of aromatic nitrogens is 1. The van der Waals surface area contributed by atoms with Crippen LogP contribution in [0.2, 0.25) is 0 Å². The van der Waals surface area contributed by atoms with Crippen LogP contribution >= 0.6 is 11.8 Å². The molecule has 2 aromatic carbocycles. The molecule has 0 atom stereocenters. The number of nitrogens with one attached hydrogen (secondary N) is 1. The fourth-order valence-electron chi connectivity index (χ4n) is 2.69. The Hall–Kier alpha value is -2.93. The second kappa shape index (κ2) is 9.32. The molecule has 146 valence electrons. The van der Waals surface area contributed by atoms with E-state index in [1.807, 2.05) is 55.5 Å². The maximum Gasteiger partial charge on any atom is 0.252 e. The summed E-state index contributed by atoms with van der Waals surface area (Å²) in [6.07, 6.45) is 0. The highest BCUT2D eigenvalue weighted by molar-refractivity contribution is 7.98. The van der Waals surface area contributed by atoms with E-state index >= 15 is 0 Å². The number of carbonyl (C=O) groups excluding carboxylic acids is 1. The lowest BCUT2D eigenvalue weighted by Crippen LogP contribution is -2.23. The van der Waals surface area contributed by atoms with Gasteiger partial charge in [0.2, 0.25) is 0 Å². The van der Waals surface area contributed by atoms with Crippen LogP contribution in [0.15, 0.2) is 57.9 Å². The summed E-state index contributed by atoms with van der Waals surface area (Å²) in [4.78, 5) is 13.6. The number of rotatable bonds is 8. The van der Waals surface area contributed by atoms with Gasteiger partial charge in [0, 0.05) is 23.3 Å². The lowest BCUT2D eigenvalue weighted by molar-refractivity contribution is 0.0948. The number of hydrogen-bond donors (Lipinski definition) is 1. The van der Waals surface area contributed by atoms with E-state index in [-0.39, 0.29) is 5.91 Å². The molecule has 3 aromatic rings. The fraction of sp³-hybridized carbons (Fsp3) is 0.238. The quantitative estimate of drug-likeness (QED) is 0.573. The SMILES string of the molecule is COc1ccc(CNC(=O)c2ccccc2SCc2cc(C)on2)cc1OC. The van der Waals surface area contributed by atoms with Gasteiger partial charge in [0.1, 0.15) is 5.76 Å². The topological polar surface area (TPSA) is 73.6 Å². The predicted octanol–water partition coefficient (Wildman–Crippen LogP) is 4.22. The van der Waals surface area contributed by atoms with Gasteiger partial charge in [-0.2, -0.15) is 0 Å². The highest BCUT2D eigenvalue weighted by atomic mass is 32.2. The van der Waals surface area contributed by atoms with Crippen molar-refractivity contribution >= 4 is 17.7 Å². The van der Waals surface area contributed by atoms with Crippen LogP contribution in [-0.4, -0.2) is 25.3 Å². The van der Waals surface area contributed by atoms with Crippen molar-refractivity contribution in [2.75, 3.05) is 14.2 Å². The lowest BCUT2D eigenvalue weighted by Gasteiger charge is -2.12. The van der Waals surface area contributed by atoms with Crippen molar-refractivity contribution in [3.8, 4) is 11.5 Å². The van der Waals surface area contributed by atoms with E-state index in [0.717, 1.165) is 21.9 Å². The molecule has 0 unspecified atom stereocenters. The first-order chi connectivity index (χ1) is 13.6. The smallest absolute Gasteiger partial charge is 0.252 e. The molecule has 0 bridgehead atoms. The van der Waals surface area contributed by atoms with Gasteiger partial charge >= 0.3 is 0 Å². The summed E-state index contributed by atoms with van der Waals surface area (Å²) in [5.41, 5.74) is 2.41. The Morgan fingerprint density at radius 2 is 1.89 bits per heavy atom. The molecule has 0 aliphatic heterocycles. The molecule has 0 saturated heterocycles. The Morgan fingerprint density at radius 3 is 2.61 bits per heavy atom. The van der Waals surface area contributed by atoms with Crippen molar-refractivity contribution in [2.24, 2.45) is 0 Å². The highest BCUT2D eigenvalue weighted by Gasteiger charge is 2.13. The molecule has 1 heterocycles. The third-order valence-corrected chi connectivity index (χ3v) is 5.19. The summed E-state index contributed by atoms with van der Waals surface area (Å²) in [7, 11) is 3.18. The molecule has 1 amide bonds. The van der Waals surface area contributed by atoms with E-state index in [1.54, 1.807) is 26.0 Å². The first kappa shape index (κ1) is 19.8. The van der Waals surface area contributed by atoms with Crippen molar-refractivity contribution in [1.29, 1.82) is 0 Å². The number of benzene rings is 2. The zero-order chi connectivity index (χ0) is 19.9. The number of nitrogens with zero attached hydrogens (tertiary/aromatic N) is 1. The van der Waals surface area contributed by atoms with E-state index in [1.165, 1.54) is 0 Å². The van der Waals surface area contributed by atoms with Crippen molar-refractivity contribution in [2.45, 2.75) is 24.1 Å². The summed E-state index contributed by atoms with van der Waals surface area (Å²) in [5, 5.41) is 6.96. The lowest BCUT2D eigenvalue weighted by atomic mass is 10.1. The highest BCUT2D eigenvalue weighted by Crippen LogP contribution is 2.28. The zero-order valence-corrected chi connectivity index (χ0v) is 16.8. The van der Waals surface area contributed by atoms with Gasteiger partial charge in [0.25, 0.3) is 5.91 Å². The number of ether oxygens (including phenoxy) is 2. The molecular weight excluding hydrogens is 376 g/mol. The van der Waals surface area contributed by atoms with E-state index in [0.29, 0.717) is 29.4 Å². The molecule has 6 nitrogen and oxygen atoms in total. The van der Waals surface area contributed by atoms with E-state index in [2.05, 4.69) is 10.5 Å². The fourth-order valence-corrected chi connectivity index (χ4v) is 3.62. The predicted molar refractivity (Wildman–Crippen MR) is 108 cm³/mol. The molecule has 1 aromatic heterocycles. The van der Waals surface area contributed by atoms with Gasteiger partial charge in [-0.05, 0) is 36.8 Å². The van der Waals surface area contributed by atoms with Crippen molar-refractivity contribution < 1.29 is 18.8 Å². The third-order valence-electron chi connectivity index (χ3n) is 4.09. The first-order valence-corrected chi connectivity index (χ1v) is 9.72. The minimum absolute atomic E-state index is 0.130. The van der Waals surface area contributed by atoms with Crippen LogP contribution in [0, 0.1) is 6.92 Å². The maximum absolute atomic E-state index is 12.7. The van der Waals surface area contributed by atoms with Gasteiger partial charge < -0.3 is 19.3 Å². The van der Waals surface area contributed by atoms with Crippen LogP contribution in [0.1, 0.15) is 27.4 Å². The largest absolute Gasteiger partial charge is 0.493 e. The zero-order valence-electron chi connectivity index (χ0n) is 16.0. The minimum atomic E-state index is -0.130. The van der Waals surface area contributed by atoms with Crippen molar-refractivity contribution in [1.82, 2.24) is 10.5 Å². The van der Waals surface area contributed by atoms with Crippen molar-refractivity contribution in [3.63, 3.8) is 0 Å². The normalized spacial score (nSPS) is 10.5. The summed E-state index contributed by atoms with van der Waals surface area (Å²) >= 11 is 1.55. The standard InChI is InChI=1S/C21H22N2O4S/c1-14-10-16(23-27-14)13-28-20-7-5-4-6-17(20)21(24)22-12-15-8-9-18(25-2)19(11-15)26-3/h4-11H,12-13H2,1-3H3,(H,22,24). The van der Waals surface area contributed by atoms with E-state index in [9.17, 15) is 4.79 Å². The Balaban J connectivity index is 1.66. The first-order valence-electron chi connectivity index (χ1n) is 8.74. The third kappa shape index (κ3) is 4.86. The molecule has 28 heavy (non-hydrogen) atoms. The van der Waals surface area contributed by atoms with Crippen LogP contribution in [0.4, 0.5) is 0 Å². The van der Waals surface area contributed by atoms with Crippen LogP contribution in [0.5, 0.6) is 11.5 Å². The monoisotopic (exact) mass is 398 g/mol. The van der Waals surface area contributed by atoms with Gasteiger partial charge in [-0.15, -0.1) is 11.8 Å². The number of methoxy groups -OCH3 is 2. The number of hydrogen-bond acceptors (Lipinski definition) is 6. The van der Waals surface area contributed by atoms with Crippen molar-refractivity contribution in [3.05, 3.63) is 71.1 Å². The van der Waals surface area contributed by atoms with E-state index in [4.69, 9.17) is 14.0 Å². The second-order valence-corrected chi connectivity index (χ2v) is 7.10. The average molecular weight is 398 g/mol. The maximum atomic E-state index is 12.7. The Labute approximate surface area is 168 Å². The Morgan fingerprint density at radius 1 is 1.11 bits per heavy atom. The average Bonchev–Trinajstić information content (AvgIpc) is 3.15. The molecule has 0 radical (unpaired) electrons. The summed E-state index contributed by atoms with van der Waals surface area (Å²) < 4.78 is 15.6. The molecule has 0 fully saturated rings. The van der Waals surface area contributed by atoms with Crippen LogP contribution in [-0.2, 0) is 12.3 Å². The van der Waals surface area contributed by atoms with Gasteiger partial charge in [-0.1, -0.05) is 23.4 Å². The Bertz CT molecular complexity index is 955. The number of carbonyl (C=O) groups is 1. The van der Waals surface area contributed by atoms with Crippen LogP contribution in [0.25, 0.3) is 0 Å². The van der Waals surface area contributed by atoms with Gasteiger partial charge in [0.05, 0.1) is 25.5 Å². The second-order valence-electron chi connectivity index (χ2n) is 6.09. The van der Waals surface area contributed by atoms with Crippen LogP contribution < -0.4 is 14.8 Å². The summed E-state index contributed by atoms with van der Waals surface area (Å²) in [5.74, 6) is 2.57. The van der Waals surface area contributed by atoms with Gasteiger partial charge in [-0.25, -0.2) is 0 Å². The summed E-state index contributed by atoms with van der Waals surface area (Å²) in [6.45, 7) is 2.25. The summed E-state index contributed by atoms with van der Waals surface area (Å²) in [6, 6.07) is 15.0. The minimum Gasteiger partial charge on any atom is -0.493 e. The van der Waals surface area contributed by atoms with E-state index < -0.39 is 0 Å². The van der Waals surface area contributed by atoms with Crippen LogP contribution in [0.3, 0.4) is 0 Å². The molecular formula is C21H22N2O4S. The van der Waals surface area contributed by atoms with Gasteiger partial charge in [-0.3, -0.25) is 4.79 Å². The number of aryl methyl sites for hydroxylation is 1. The number of thioether (sulfide) groups is 1. The molecule has 7 heteroatoms. The molecule has 0 aliphatic rings. The molecule has 0 saturated carbocycles. The van der Waals surface area contributed by atoms with Gasteiger partial charge in [0.15, 0.2) is 11.5 Å². The molecule has 0 spiro atoms. The molecule has 0 aliphatic carbocycles. The number of amides is 1.